The quantitative estimate of drug-likeness (QED) is 0.838. The van der Waals surface area contributed by atoms with E-state index in [0.29, 0.717) is 12.5 Å². The number of hydrogen-bond donors (Lipinski definition) is 1. The van der Waals surface area contributed by atoms with Crippen LogP contribution < -0.4 is 5.32 Å². The fourth-order valence-corrected chi connectivity index (χ4v) is 3.27. The fraction of sp³-hybridized carbons (Fsp3) is 0.750. The van der Waals surface area contributed by atoms with Gasteiger partial charge < -0.3 is 9.80 Å². The van der Waals surface area contributed by atoms with Crippen molar-refractivity contribution >= 4 is 28.9 Å². The van der Waals surface area contributed by atoms with Crippen LogP contribution in [0.15, 0.2) is 4.99 Å². The van der Waals surface area contributed by atoms with Gasteiger partial charge in [-0.25, -0.2) is 9.79 Å². The van der Waals surface area contributed by atoms with E-state index in [2.05, 4.69) is 24.2 Å². The van der Waals surface area contributed by atoms with Gasteiger partial charge >= 0.3 is 6.03 Å². The predicted octanol–water partition coefficient (Wildman–Crippen LogP) is 0.943. The summed E-state index contributed by atoms with van der Waals surface area (Å²) >= 11 is 1.65. The first-order valence-corrected chi connectivity index (χ1v) is 7.49. The standard InChI is InChI=1S/C12H20N4O2S/c1-5-16-8-9(13-12(16)19-6-7(2)3)15(4)11(18)14-10(8)17/h7-9H,5-6H2,1-4H3,(H,14,17,18). The number of amidine groups is 1. The summed E-state index contributed by atoms with van der Waals surface area (Å²) in [7, 11) is 1.67. The largest absolute Gasteiger partial charge is 0.336 e. The molecule has 0 aromatic rings. The smallest absolute Gasteiger partial charge is 0.325 e. The molecule has 0 aliphatic carbocycles. The van der Waals surface area contributed by atoms with Crippen molar-refractivity contribution in [2.24, 2.45) is 10.9 Å². The van der Waals surface area contributed by atoms with Crippen LogP contribution in [-0.4, -0.2) is 58.5 Å². The minimum Gasteiger partial charge on any atom is -0.336 e. The summed E-state index contributed by atoms with van der Waals surface area (Å²) in [6, 6.07) is -0.761. The second-order valence-electron chi connectivity index (χ2n) is 5.17. The van der Waals surface area contributed by atoms with Crippen molar-refractivity contribution in [3.8, 4) is 0 Å². The molecule has 2 aliphatic rings. The zero-order valence-electron chi connectivity index (χ0n) is 11.7. The Morgan fingerprint density at radius 1 is 1.42 bits per heavy atom. The summed E-state index contributed by atoms with van der Waals surface area (Å²) in [6.07, 6.45) is -0.393. The van der Waals surface area contributed by atoms with Crippen molar-refractivity contribution in [1.29, 1.82) is 0 Å². The molecule has 1 fully saturated rings. The third kappa shape index (κ3) is 2.56. The van der Waals surface area contributed by atoms with Crippen molar-refractivity contribution < 1.29 is 9.59 Å². The average molecular weight is 284 g/mol. The second-order valence-corrected chi connectivity index (χ2v) is 6.15. The Balaban J connectivity index is 2.21. The molecule has 0 bridgehead atoms. The van der Waals surface area contributed by atoms with Crippen LogP contribution >= 0.6 is 11.8 Å². The summed E-state index contributed by atoms with van der Waals surface area (Å²) < 4.78 is 0. The first-order chi connectivity index (χ1) is 8.95. The van der Waals surface area contributed by atoms with Crippen molar-refractivity contribution in [3.05, 3.63) is 0 Å². The molecule has 2 rings (SSSR count). The van der Waals surface area contributed by atoms with Crippen LogP contribution in [0.1, 0.15) is 20.8 Å². The van der Waals surface area contributed by atoms with E-state index < -0.39 is 6.17 Å². The molecule has 0 spiro atoms. The van der Waals surface area contributed by atoms with Crippen molar-refractivity contribution in [2.75, 3.05) is 19.3 Å². The number of aliphatic imine (C=N–C) groups is 1. The predicted molar refractivity (Wildman–Crippen MR) is 76.0 cm³/mol. The Morgan fingerprint density at radius 3 is 2.68 bits per heavy atom. The van der Waals surface area contributed by atoms with Crippen LogP contribution in [0.5, 0.6) is 0 Å². The number of amides is 3. The maximum absolute atomic E-state index is 12.0. The van der Waals surface area contributed by atoms with E-state index in [1.54, 1.807) is 18.8 Å². The van der Waals surface area contributed by atoms with Gasteiger partial charge in [0.1, 0.15) is 0 Å². The van der Waals surface area contributed by atoms with Crippen LogP contribution in [0.4, 0.5) is 4.79 Å². The van der Waals surface area contributed by atoms with E-state index in [4.69, 9.17) is 0 Å². The lowest BCUT2D eigenvalue weighted by Crippen LogP contribution is -2.63. The van der Waals surface area contributed by atoms with E-state index in [0.717, 1.165) is 10.9 Å². The molecular formula is C12H20N4O2S. The maximum atomic E-state index is 12.0. The van der Waals surface area contributed by atoms with Crippen molar-refractivity contribution in [1.82, 2.24) is 15.1 Å². The number of nitrogens with one attached hydrogen (secondary N) is 1. The molecule has 0 radical (unpaired) electrons. The fourth-order valence-electron chi connectivity index (χ4n) is 2.19. The lowest BCUT2D eigenvalue weighted by atomic mass is 10.1. The highest BCUT2D eigenvalue weighted by molar-refractivity contribution is 8.13. The number of carbonyl (C=O) groups is 2. The first-order valence-electron chi connectivity index (χ1n) is 6.50. The summed E-state index contributed by atoms with van der Waals surface area (Å²) in [6.45, 7) is 7.00. The Hall–Kier alpha value is -1.24. The number of hydrogen-bond acceptors (Lipinski definition) is 5. The van der Waals surface area contributed by atoms with Gasteiger partial charge in [-0.2, -0.15) is 0 Å². The number of thioether (sulfide) groups is 1. The lowest BCUT2D eigenvalue weighted by molar-refractivity contribution is -0.127. The van der Waals surface area contributed by atoms with Crippen LogP contribution in [0.2, 0.25) is 0 Å². The molecule has 2 heterocycles. The number of urea groups is 1. The normalized spacial score (nSPS) is 26.7. The number of imide groups is 1. The molecule has 0 saturated carbocycles. The van der Waals surface area contributed by atoms with Gasteiger partial charge in [0, 0.05) is 19.3 Å². The third-order valence-electron chi connectivity index (χ3n) is 3.21. The van der Waals surface area contributed by atoms with Gasteiger partial charge in [-0.1, -0.05) is 25.6 Å². The molecule has 0 aromatic heterocycles. The number of likely N-dealkylation sites (N-methyl/N-ethyl adjacent to an activating group) is 2. The van der Waals surface area contributed by atoms with Gasteiger partial charge in [0.25, 0.3) is 5.91 Å². The summed E-state index contributed by atoms with van der Waals surface area (Å²) in [4.78, 5) is 31.7. The highest BCUT2D eigenvalue weighted by Gasteiger charge is 2.47. The van der Waals surface area contributed by atoms with E-state index in [1.165, 1.54) is 4.90 Å². The van der Waals surface area contributed by atoms with E-state index >= 15 is 0 Å². The van der Waals surface area contributed by atoms with E-state index in [-0.39, 0.29) is 18.0 Å². The minimum atomic E-state index is -0.393. The Kier molecular flexibility index (Phi) is 4.03. The monoisotopic (exact) mass is 284 g/mol. The zero-order chi connectivity index (χ0) is 14.2. The maximum Gasteiger partial charge on any atom is 0.325 e. The molecule has 6 nitrogen and oxygen atoms in total. The molecular weight excluding hydrogens is 264 g/mol. The van der Waals surface area contributed by atoms with Gasteiger partial charge in [0.15, 0.2) is 17.4 Å². The number of nitrogens with zero attached hydrogens (tertiary/aromatic N) is 3. The number of rotatable bonds is 3. The van der Waals surface area contributed by atoms with Crippen molar-refractivity contribution in [2.45, 2.75) is 33.0 Å². The van der Waals surface area contributed by atoms with Gasteiger partial charge in [-0.15, -0.1) is 0 Å². The van der Waals surface area contributed by atoms with E-state index in [9.17, 15) is 9.59 Å². The van der Waals surface area contributed by atoms with Gasteiger partial charge in [-0.05, 0) is 12.8 Å². The number of fused-ring (bicyclic) bond motifs is 1. The summed E-state index contributed by atoms with van der Waals surface area (Å²) in [5.41, 5.74) is 0. The second kappa shape index (κ2) is 5.40. The van der Waals surface area contributed by atoms with E-state index in [1.807, 2.05) is 11.8 Å². The Bertz CT molecular complexity index is 424. The van der Waals surface area contributed by atoms with Crippen LogP contribution in [0.3, 0.4) is 0 Å². The SMILES string of the molecule is CCN1C(SCC(C)C)=NC2C1C(=O)NC(=O)N2C. The molecule has 2 aliphatic heterocycles. The zero-order valence-corrected chi connectivity index (χ0v) is 12.5. The molecule has 1 saturated heterocycles. The van der Waals surface area contributed by atoms with Crippen LogP contribution in [0, 0.1) is 5.92 Å². The average Bonchev–Trinajstić information content (AvgIpc) is 2.72. The molecule has 19 heavy (non-hydrogen) atoms. The first kappa shape index (κ1) is 14.2. The van der Waals surface area contributed by atoms with Crippen LogP contribution in [-0.2, 0) is 4.79 Å². The van der Waals surface area contributed by atoms with Crippen LogP contribution in [0.25, 0.3) is 0 Å². The third-order valence-corrected chi connectivity index (χ3v) is 4.64. The Labute approximate surface area is 117 Å². The van der Waals surface area contributed by atoms with Crippen molar-refractivity contribution in [3.63, 3.8) is 0 Å². The molecule has 7 heteroatoms. The summed E-state index contributed by atoms with van der Waals surface area (Å²) in [5, 5.41) is 3.24. The highest BCUT2D eigenvalue weighted by Crippen LogP contribution is 2.28. The number of carbonyl (C=O) groups excluding carboxylic acids is 2. The molecule has 2 atom stereocenters. The molecule has 1 N–H and O–H groups in total. The topological polar surface area (TPSA) is 65.0 Å². The minimum absolute atomic E-state index is 0.251. The summed E-state index contributed by atoms with van der Waals surface area (Å²) in [5.74, 6) is 1.26. The van der Waals surface area contributed by atoms with Gasteiger partial charge in [0.05, 0.1) is 0 Å². The highest BCUT2D eigenvalue weighted by atomic mass is 32.2. The van der Waals surface area contributed by atoms with Gasteiger partial charge in [-0.3, -0.25) is 10.1 Å². The molecule has 2 unspecified atom stereocenters. The van der Waals surface area contributed by atoms with Gasteiger partial charge in [0.2, 0.25) is 0 Å². The molecule has 3 amide bonds. The molecule has 106 valence electrons. The lowest BCUT2D eigenvalue weighted by Gasteiger charge is -2.35. The molecule has 0 aromatic carbocycles. The Morgan fingerprint density at radius 2 is 2.11 bits per heavy atom.